The Labute approximate surface area is 115 Å². The van der Waals surface area contributed by atoms with Crippen molar-refractivity contribution in [3.63, 3.8) is 0 Å². The van der Waals surface area contributed by atoms with Crippen molar-refractivity contribution in [3.05, 3.63) is 33.8 Å². The van der Waals surface area contributed by atoms with Crippen molar-refractivity contribution in [2.75, 3.05) is 25.6 Å². The third-order valence-corrected chi connectivity index (χ3v) is 4.89. The highest BCUT2D eigenvalue weighted by Crippen LogP contribution is 2.34. The second kappa shape index (κ2) is 5.81. The van der Waals surface area contributed by atoms with Crippen molar-refractivity contribution in [1.82, 2.24) is 0 Å². The highest BCUT2D eigenvalue weighted by Gasteiger charge is 2.37. The van der Waals surface area contributed by atoms with E-state index in [0.29, 0.717) is 23.3 Å². The Morgan fingerprint density at radius 2 is 1.94 bits per heavy atom. The van der Waals surface area contributed by atoms with E-state index in [1.165, 1.54) is 0 Å². The minimum absolute atomic E-state index is 0.0571. The van der Waals surface area contributed by atoms with Crippen LogP contribution in [0, 0.1) is 5.41 Å². The molecule has 1 aliphatic rings. The van der Waals surface area contributed by atoms with Gasteiger partial charge in [0.1, 0.15) is 0 Å². The summed E-state index contributed by atoms with van der Waals surface area (Å²) < 4.78 is 5.15. The molecule has 0 saturated carbocycles. The first-order valence-corrected chi connectivity index (χ1v) is 7.27. The Hall–Kier alpha value is 0.0700. The van der Waals surface area contributed by atoms with Gasteiger partial charge in [-0.1, -0.05) is 29.3 Å². The summed E-state index contributed by atoms with van der Waals surface area (Å²) in [6, 6.07) is 5.53. The van der Waals surface area contributed by atoms with Gasteiger partial charge in [0, 0.05) is 27.0 Å². The van der Waals surface area contributed by atoms with Gasteiger partial charge in [-0.3, -0.25) is 0 Å². The third kappa shape index (κ3) is 3.09. The largest absolute Gasteiger partial charge is 0.396 e. The molecule has 5 heteroatoms. The molecule has 0 radical (unpaired) electrons. The van der Waals surface area contributed by atoms with Crippen molar-refractivity contribution in [1.29, 1.82) is 0 Å². The van der Waals surface area contributed by atoms with E-state index in [1.807, 2.05) is 18.2 Å². The number of thioether (sulfide) groups is 1. The van der Waals surface area contributed by atoms with E-state index in [-0.39, 0.29) is 12.0 Å². The summed E-state index contributed by atoms with van der Waals surface area (Å²) in [6.07, 6.45) is 0. The molecule has 1 aromatic rings. The minimum atomic E-state index is -0.0571. The monoisotopic (exact) mass is 292 g/mol. The average molecular weight is 293 g/mol. The molecule has 2 nitrogen and oxygen atoms in total. The molecule has 1 N–H and O–H groups in total. The van der Waals surface area contributed by atoms with Crippen LogP contribution in [0.3, 0.4) is 0 Å². The number of benzene rings is 1. The molecule has 1 aliphatic heterocycles. The van der Waals surface area contributed by atoms with Crippen LogP contribution in [0.15, 0.2) is 18.2 Å². The normalized spacial score (nSPS) is 17.8. The minimum Gasteiger partial charge on any atom is -0.396 e. The van der Waals surface area contributed by atoms with Gasteiger partial charge in [0.05, 0.1) is 19.8 Å². The molecular formula is C12H14Cl2O2S. The van der Waals surface area contributed by atoms with E-state index < -0.39 is 0 Å². The van der Waals surface area contributed by atoms with Crippen LogP contribution in [0.25, 0.3) is 0 Å². The predicted molar refractivity (Wildman–Crippen MR) is 73.0 cm³/mol. The highest BCUT2D eigenvalue weighted by molar-refractivity contribution is 7.98. The van der Waals surface area contributed by atoms with Gasteiger partial charge < -0.3 is 9.84 Å². The molecule has 0 atom stereocenters. The molecule has 1 fully saturated rings. The summed E-state index contributed by atoms with van der Waals surface area (Å²) in [5.41, 5.74) is 0.910. The van der Waals surface area contributed by atoms with Gasteiger partial charge >= 0.3 is 0 Å². The topological polar surface area (TPSA) is 29.5 Å². The van der Waals surface area contributed by atoms with Crippen molar-refractivity contribution < 1.29 is 9.84 Å². The van der Waals surface area contributed by atoms with E-state index in [1.54, 1.807) is 11.8 Å². The molecule has 1 heterocycles. The van der Waals surface area contributed by atoms with E-state index >= 15 is 0 Å². The summed E-state index contributed by atoms with van der Waals surface area (Å²) in [5.74, 6) is 1.63. The van der Waals surface area contributed by atoms with Gasteiger partial charge in [-0.25, -0.2) is 0 Å². The smallest absolute Gasteiger partial charge is 0.0575 e. The number of hydrogen-bond donors (Lipinski definition) is 1. The Morgan fingerprint density at radius 1 is 1.29 bits per heavy atom. The van der Waals surface area contributed by atoms with Crippen molar-refractivity contribution in [3.8, 4) is 0 Å². The number of halogens is 2. The molecule has 0 aromatic heterocycles. The Bertz CT molecular complexity index is 368. The quantitative estimate of drug-likeness (QED) is 0.903. The Balaban J connectivity index is 1.90. The van der Waals surface area contributed by atoms with Gasteiger partial charge in [-0.05, 0) is 17.7 Å². The summed E-state index contributed by atoms with van der Waals surface area (Å²) >= 11 is 13.9. The fourth-order valence-electron chi connectivity index (χ4n) is 1.65. The van der Waals surface area contributed by atoms with Crippen LogP contribution in [0.4, 0.5) is 0 Å². The zero-order valence-corrected chi connectivity index (χ0v) is 11.6. The molecule has 1 saturated heterocycles. The van der Waals surface area contributed by atoms with Gasteiger partial charge in [0.15, 0.2) is 0 Å². The van der Waals surface area contributed by atoms with Crippen molar-refractivity contribution in [2.24, 2.45) is 5.41 Å². The van der Waals surface area contributed by atoms with Crippen LogP contribution in [-0.2, 0) is 10.5 Å². The van der Waals surface area contributed by atoms with Crippen LogP contribution in [0.1, 0.15) is 5.56 Å². The summed E-state index contributed by atoms with van der Waals surface area (Å²) in [6.45, 7) is 1.47. The zero-order chi connectivity index (χ0) is 12.3. The number of hydrogen-bond acceptors (Lipinski definition) is 3. The van der Waals surface area contributed by atoms with Crippen molar-refractivity contribution >= 4 is 35.0 Å². The summed E-state index contributed by atoms with van der Waals surface area (Å²) in [7, 11) is 0. The zero-order valence-electron chi connectivity index (χ0n) is 9.29. The fraction of sp³-hybridized carbons (Fsp3) is 0.500. The third-order valence-electron chi connectivity index (χ3n) is 2.87. The highest BCUT2D eigenvalue weighted by atomic mass is 35.5. The first-order valence-electron chi connectivity index (χ1n) is 5.36. The lowest BCUT2D eigenvalue weighted by atomic mass is 9.90. The lowest BCUT2D eigenvalue weighted by molar-refractivity contribution is -0.121. The van der Waals surface area contributed by atoms with Gasteiger partial charge in [0.25, 0.3) is 0 Å². The molecule has 0 spiro atoms. The molecule has 0 bridgehead atoms. The summed E-state index contributed by atoms with van der Waals surface area (Å²) in [5, 5.41) is 10.7. The van der Waals surface area contributed by atoms with Gasteiger partial charge in [0.2, 0.25) is 0 Å². The second-order valence-corrected chi connectivity index (χ2v) is 6.14. The van der Waals surface area contributed by atoms with Crippen LogP contribution < -0.4 is 0 Å². The lowest BCUT2D eigenvalue weighted by Gasteiger charge is -2.39. The number of aliphatic hydroxyl groups excluding tert-OH is 1. The first-order chi connectivity index (χ1) is 8.17. The van der Waals surface area contributed by atoms with Crippen LogP contribution in [0.2, 0.25) is 10.0 Å². The molecule has 94 valence electrons. The van der Waals surface area contributed by atoms with Crippen LogP contribution in [-0.4, -0.2) is 30.7 Å². The number of aliphatic hydroxyl groups is 1. The predicted octanol–water partition coefficient (Wildman–Crippen LogP) is 3.24. The Morgan fingerprint density at radius 3 is 2.41 bits per heavy atom. The van der Waals surface area contributed by atoms with Crippen LogP contribution >= 0.6 is 35.0 Å². The molecule has 17 heavy (non-hydrogen) atoms. The molecular weight excluding hydrogens is 279 g/mol. The van der Waals surface area contributed by atoms with Gasteiger partial charge in [-0.2, -0.15) is 11.8 Å². The second-order valence-electron chi connectivity index (χ2n) is 4.34. The SMILES string of the molecule is OCC1(CSCc2c(Cl)cccc2Cl)COC1. The Kier molecular flexibility index (Phi) is 4.61. The van der Waals surface area contributed by atoms with E-state index in [0.717, 1.165) is 17.1 Å². The van der Waals surface area contributed by atoms with Crippen molar-refractivity contribution in [2.45, 2.75) is 5.75 Å². The van der Waals surface area contributed by atoms with E-state index in [9.17, 15) is 5.11 Å². The molecule has 0 aliphatic carbocycles. The standard InChI is InChI=1S/C12H14Cl2O2S/c13-10-2-1-3-11(14)9(10)4-17-8-12(5-15)6-16-7-12/h1-3,15H,4-8H2. The maximum absolute atomic E-state index is 9.30. The van der Waals surface area contributed by atoms with E-state index in [2.05, 4.69) is 0 Å². The maximum Gasteiger partial charge on any atom is 0.0575 e. The summed E-state index contributed by atoms with van der Waals surface area (Å²) in [4.78, 5) is 0. The fourth-order valence-corrected chi connectivity index (χ4v) is 3.65. The molecule has 2 rings (SSSR count). The maximum atomic E-state index is 9.30. The van der Waals surface area contributed by atoms with Crippen LogP contribution in [0.5, 0.6) is 0 Å². The lowest BCUT2D eigenvalue weighted by Crippen LogP contribution is -2.47. The van der Waals surface area contributed by atoms with Gasteiger partial charge in [-0.15, -0.1) is 0 Å². The molecule has 0 unspecified atom stereocenters. The number of rotatable bonds is 5. The van der Waals surface area contributed by atoms with E-state index in [4.69, 9.17) is 27.9 Å². The molecule has 0 amide bonds. The average Bonchev–Trinajstić information content (AvgIpc) is 2.26. The number of ether oxygens (including phenoxy) is 1. The first kappa shape index (κ1) is 13.5. The molecule has 1 aromatic carbocycles.